The summed E-state index contributed by atoms with van der Waals surface area (Å²) in [5.41, 5.74) is 15.2. The normalized spacial score (nSPS) is 13.5. The number of thiophene rings is 1. The number of benzene rings is 8. The highest BCUT2D eigenvalue weighted by Crippen LogP contribution is 2.51. The molecule has 0 N–H and O–H groups in total. The fourth-order valence-corrected chi connectivity index (χ4v) is 10.8. The maximum absolute atomic E-state index is 2.52. The van der Waals surface area contributed by atoms with Crippen molar-refractivity contribution in [2.75, 3.05) is 0 Å². The highest BCUT2D eigenvalue weighted by molar-refractivity contribution is 7.26. The van der Waals surface area contributed by atoms with Crippen LogP contribution in [0.4, 0.5) is 0 Å². The number of hydrogen-bond donors (Lipinski definition) is 0. The van der Waals surface area contributed by atoms with E-state index in [2.05, 4.69) is 193 Å². The highest BCUT2D eigenvalue weighted by Gasteiger charge is 2.36. The standard InChI is InChI=1S/C51H34N2S/c1-51(2)43-26-20-31(32-21-27-47-42(29-32)37-15-7-9-17-45(37)52(47)33-12-4-3-5-13-33)28-41(43)35-23-22-34(30-44(35)51)53-46-18-10-6-14-36(46)39-24-25-40-38-16-8-11-19-48(38)54-50(40)49(39)53/h3-30H,1-2H3. The second kappa shape index (κ2) is 10.8. The van der Waals surface area contributed by atoms with Gasteiger partial charge < -0.3 is 9.13 Å². The summed E-state index contributed by atoms with van der Waals surface area (Å²) in [5, 5.41) is 7.81. The van der Waals surface area contributed by atoms with Crippen LogP contribution in [0.1, 0.15) is 25.0 Å². The Bertz CT molecular complexity index is 3350. The van der Waals surface area contributed by atoms with E-state index in [4.69, 9.17) is 0 Å². The van der Waals surface area contributed by atoms with Crippen molar-refractivity contribution in [2.24, 2.45) is 0 Å². The first kappa shape index (κ1) is 30.1. The first-order valence-electron chi connectivity index (χ1n) is 18.8. The predicted octanol–water partition coefficient (Wildman–Crippen LogP) is 14.2. The third-order valence-electron chi connectivity index (χ3n) is 12.1. The van der Waals surface area contributed by atoms with E-state index in [1.165, 1.54) is 109 Å². The highest BCUT2D eigenvalue weighted by atomic mass is 32.1. The molecule has 0 spiro atoms. The van der Waals surface area contributed by atoms with Crippen LogP contribution in [0.2, 0.25) is 0 Å². The zero-order valence-corrected chi connectivity index (χ0v) is 30.8. The molecule has 0 bridgehead atoms. The summed E-state index contributed by atoms with van der Waals surface area (Å²) < 4.78 is 7.59. The molecule has 0 saturated heterocycles. The average Bonchev–Trinajstić information content (AvgIpc) is 3.93. The number of hydrogen-bond acceptors (Lipinski definition) is 1. The first-order valence-corrected chi connectivity index (χ1v) is 19.6. The fraction of sp³-hybridized carbons (Fsp3) is 0.0588. The molecule has 3 heterocycles. The molecule has 3 heteroatoms. The van der Waals surface area contributed by atoms with Gasteiger partial charge in [0.25, 0.3) is 0 Å². The molecule has 254 valence electrons. The van der Waals surface area contributed by atoms with Gasteiger partial charge >= 0.3 is 0 Å². The van der Waals surface area contributed by atoms with Crippen LogP contribution in [0.25, 0.3) is 97.4 Å². The van der Waals surface area contributed by atoms with Crippen molar-refractivity contribution in [1.82, 2.24) is 9.13 Å². The third kappa shape index (κ3) is 4.00. The van der Waals surface area contributed by atoms with E-state index < -0.39 is 0 Å². The Balaban J connectivity index is 1.03. The van der Waals surface area contributed by atoms with E-state index in [1.54, 1.807) is 0 Å². The SMILES string of the molecule is CC1(C)c2ccc(-c3ccc4c(c3)c3ccccc3n4-c3ccccc3)cc2-c2ccc(-n3c4ccccc4c4ccc5c6ccccc6sc5c43)cc21. The number of aromatic nitrogens is 2. The molecule has 0 unspecified atom stereocenters. The maximum Gasteiger partial charge on any atom is 0.0719 e. The molecule has 0 radical (unpaired) electrons. The molecule has 0 atom stereocenters. The summed E-state index contributed by atoms with van der Waals surface area (Å²) >= 11 is 1.91. The number of rotatable bonds is 3. The number of fused-ring (bicyclic) bond motifs is 13. The van der Waals surface area contributed by atoms with Crippen molar-refractivity contribution < 1.29 is 0 Å². The number of para-hydroxylation sites is 3. The minimum Gasteiger partial charge on any atom is -0.309 e. The molecular formula is C51H34N2S. The van der Waals surface area contributed by atoms with Gasteiger partial charge in [0.2, 0.25) is 0 Å². The van der Waals surface area contributed by atoms with Crippen LogP contribution < -0.4 is 0 Å². The van der Waals surface area contributed by atoms with Gasteiger partial charge in [-0.15, -0.1) is 11.3 Å². The Morgan fingerprint density at radius 1 is 0.407 bits per heavy atom. The molecule has 0 amide bonds. The van der Waals surface area contributed by atoms with Crippen LogP contribution in [-0.4, -0.2) is 9.13 Å². The van der Waals surface area contributed by atoms with Crippen LogP contribution in [0, 0.1) is 0 Å². The lowest BCUT2D eigenvalue weighted by Gasteiger charge is -2.22. The van der Waals surface area contributed by atoms with Gasteiger partial charge in [-0.3, -0.25) is 0 Å². The van der Waals surface area contributed by atoms with Gasteiger partial charge in [-0.25, -0.2) is 0 Å². The van der Waals surface area contributed by atoms with Crippen molar-refractivity contribution in [3.05, 3.63) is 181 Å². The van der Waals surface area contributed by atoms with E-state index in [1.807, 2.05) is 11.3 Å². The fourth-order valence-electron chi connectivity index (χ4n) is 9.57. The van der Waals surface area contributed by atoms with Crippen LogP contribution in [0.15, 0.2) is 170 Å². The van der Waals surface area contributed by atoms with E-state index in [0.717, 1.165) is 0 Å². The molecule has 8 aromatic carbocycles. The zero-order chi connectivity index (χ0) is 35.7. The van der Waals surface area contributed by atoms with Crippen LogP contribution in [-0.2, 0) is 5.41 Å². The van der Waals surface area contributed by atoms with Crippen molar-refractivity contribution in [3.63, 3.8) is 0 Å². The number of nitrogens with zero attached hydrogens (tertiary/aromatic N) is 2. The molecular weight excluding hydrogens is 673 g/mol. The molecule has 0 aliphatic heterocycles. The van der Waals surface area contributed by atoms with Gasteiger partial charge in [0.1, 0.15) is 0 Å². The lowest BCUT2D eigenvalue weighted by Crippen LogP contribution is -2.15. The lowest BCUT2D eigenvalue weighted by molar-refractivity contribution is 0.660. The topological polar surface area (TPSA) is 9.86 Å². The van der Waals surface area contributed by atoms with Crippen molar-refractivity contribution >= 4 is 75.1 Å². The smallest absolute Gasteiger partial charge is 0.0719 e. The van der Waals surface area contributed by atoms with E-state index in [0.29, 0.717) is 0 Å². The minimum atomic E-state index is -0.141. The first-order chi connectivity index (χ1) is 26.5. The summed E-state index contributed by atoms with van der Waals surface area (Å²) in [6.07, 6.45) is 0. The van der Waals surface area contributed by atoms with E-state index >= 15 is 0 Å². The van der Waals surface area contributed by atoms with E-state index in [9.17, 15) is 0 Å². The molecule has 11 aromatic rings. The Hall–Kier alpha value is -6.42. The van der Waals surface area contributed by atoms with Crippen molar-refractivity contribution in [1.29, 1.82) is 0 Å². The maximum atomic E-state index is 2.52. The summed E-state index contributed by atoms with van der Waals surface area (Å²) in [7, 11) is 0. The van der Waals surface area contributed by atoms with Crippen molar-refractivity contribution in [3.8, 4) is 33.6 Å². The molecule has 0 fully saturated rings. The molecule has 3 aromatic heterocycles. The molecule has 54 heavy (non-hydrogen) atoms. The van der Waals surface area contributed by atoms with Gasteiger partial charge in [-0.05, 0) is 94.0 Å². The van der Waals surface area contributed by atoms with Gasteiger partial charge in [-0.2, -0.15) is 0 Å². The summed E-state index contributed by atoms with van der Waals surface area (Å²) in [6, 6.07) is 63.2. The second-order valence-electron chi connectivity index (χ2n) is 15.3. The van der Waals surface area contributed by atoms with Crippen LogP contribution >= 0.6 is 11.3 Å². The Morgan fingerprint density at radius 3 is 1.89 bits per heavy atom. The summed E-state index contributed by atoms with van der Waals surface area (Å²) in [5.74, 6) is 0. The molecule has 12 rings (SSSR count). The molecule has 2 nitrogen and oxygen atoms in total. The third-order valence-corrected chi connectivity index (χ3v) is 13.3. The predicted molar refractivity (Wildman–Crippen MR) is 231 cm³/mol. The molecule has 1 aliphatic rings. The van der Waals surface area contributed by atoms with Crippen LogP contribution in [0.5, 0.6) is 0 Å². The average molecular weight is 707 g/mol. The monoisotopic (exact) mass is 706 g/mol. The van der Waals surface area contributed by atoms with Gasteiger partial charge in [-0.1, -0.05) is 123 Å². The zero-order valence-electron chi connectivity index (χ0n) is 30.0. The van der Waals surface area contributed by atoms with Gasteiger partial charge in [0.15, 0.2) is 0 Å². The van der Waals surface area contributed by atoms with Gasteiger partial charge in [0, 0.05) is 53.8 Å². The largest absolute Gasteiger partial charge is 0.309 e. The summed E-state index contributed by atoms with van der Waals surface area (Å²) in [4.78, 5) is 0. The molecule has 1 aliphatic carbocycles. The Morgan fingerprint density at radius 2 is 1.06 bits per heavy atom. The summed E-state index contributed by atoms with van der Waals surface area (Å²) in [6.45, 7) is 4.78. The lowest BCUT2D eigenvalue weighted by atomic mass is 9.82. The molecule has 0 saturated carbocycles. The van der Waals surface area contributed by atoms with Gasteiger partial charge in [0.05, 0.1) is 26.8 Å². The van der Waals surface area contributed by atoms with E-state index in [-0.39, 0.29) is 5.41 Å². The minimum absolute atomic E-state index is 0.141. The van der Waals surface area contributed by atoms with Crippen molar-refractivity contribution in [2.45, 2.75) is 19.3 Å². The second-order valence-corrected chi connectivity index (χ2v) is 16.4. The quantitative estimate of drug-likeness (QED) is 0.173. The Kier molecular flexibility index (Phi) is 6.03. The Labute approximate surface area is 316 Å². The van der Waals surface area contributed by atoms with Crippen LogP contribution in [0.3, 0.4) is 0 Å².